The number of amides is 1. The lowest BCUT2D eigenvalue weighted by Gasteiger charge is -2.18. The Morgan fingerprint density at radius 3 is 2.79 bits per heavy atom. The molecule has 2 fully saturated rings. The first kappa shape index (κ1) is 19.9. The van der Waals surface area contributed by atoms with Crippen LogP contribution in [0.5, 0.6) is 0 Å². The van der Waals surface area contributed by atoms with Crippen molar-refractivity contribution in [2.45, 2.75) is 39.0 Å². The minimum Gasteiger partial charge on any atom is -0.423 e. The Kier molecular flexibility index (Phi) is 5.87. The minimum atomic E-state index is -0.398. The van der Waals surface area contributed by atoms with Crippen molar-refractivity contribution in [1.82, 2.24) is 4.90 Å². The summed E-state index contributed by atoms with van der Waals surface area (Å²) in [6.07, 6.45) is 8.00. The molecule has 0 spiro atoms. The van der Waals surface area contributed by atoms with Crippen molar-refractivity contribution in [2.24, 2.45) is 10.9 Å². The second-order valence-electron chi connectivity index (χ2n) is 7.53. The number of aryl methyl sites for hydroxylation is 1. The largest absolute Gasteiger partial charge is 0.423 e. The first-order valence-corrected chi connectivity index (χ1v) is 10.8. The molecule has 7 heteroatoms. The molecule has 1 saturated carbocycles. The molecule has 1 aliphatic carbocycles. The van der Waals surface area contributed by atoms with Crippen molar-refractivity contribution in [3.05, 3.63) is 51.2 Å². The van der Waals surface area contributed by atoms with Crippen molar-refractivity contribution in [2.75, 3.05) is 13.2 Å². The Balaban J connectivity index is 1.67. The molecule has 2 heterocycles. The Morgan fingerprint density at radius 1 is 1.24 bits per heavy atom. The molecule has 1 saturated heterocycles. The zero-order chi connectivity index (χ0) is 20.4. The number of β-amino-alcohol motifs (C(OH)–C–C–N with tert-alkyl or cyclic N) is 1. The number of benzene rings is 1. The molecule has 1 aromatic carbocycles. The maximum atomic E-state index is 12.9. The highest BCUT2D eigenvalue weighted by molar-refractivity contribution is 8.18. The van der Waals surface area contributed by atoms with Gasteiger partial charge in [-0.25, -0.2) is 9.79 Å². The predicted molar refractivity (Wildman–Crippen MR) is 115 cm³/mol. The van der Waals surface area contributed by atoms with E-state index in [1.54, 1.807) is 6.07 Å². The molecule has 0 unspecified atom stereocenters. The normalized spacial score (nSPS) is 21.0. The van der Waals surface area contributed by atoms with Gasteiger partial charge < -0.3 is 9.52 Å². The fourth-order valence-electron chi connectivity index (χ4n) is 3.91. The van der Waals surface area contributed by atoms with Gasteiger partial charge >= 0.3 is 5.63 Å². The maximum Gasteiger partial charge on any atom is 0.336 e. The number of carbonyl (C=O) groups is 1. The topological polar surface area (TPSA) is 83.1 Å². The molecule has 4 rings (SSSR count). The van der Waals surface area contributed by atoms with Gasteiger partial charge in [-0.2, -0.15) is 0 Å². The third-order valence-corrected chi connectivity index (χ3v) is 6.43. The van der Waals surface area contributed by atoms with E-state index >= 15 is 0 Å². The number of allylic oxidation sites excluding steroid dienone is 1. The summed E-state index contributed by atoms with van der Waals surface area (Å²) >= 11 is 1.35. The van der Waals surface area contributed by atoms with Gasteiger partial charge in [-0.05, 0) is 55.1 Å². The van der Waals surface area contributed by atoms with E-state index in [2.05, 4.69) is 11.1 Å². The SMILES string of the molecule is Cc1cc(=O)oc2cc(N=C3S/C(=C\C4CCCCC4)C(=O)N3CCO)ccc12. The van der Waals surface area contributed by atoms with Crippen LogP contribution in [0.25, 0.3) is 11.0 Å². The van der Waals surface area contributed by atoms with Gasteiger partial charge in [0.1, 0.15) is 5.58 Å². The van der Waals surface area contributed by atoms with E-state index in [1.807, 2.05) is 19.1 Å². The van der Waals surface area contributed by atoms with Gasteiger partial charge in [-0.3, -0.25) is 9.69 Å². The van der Waals surface area contributed by atoms with E-state index in [-0.39, 0.29) is 19.1 Å². The summed E-state index contributed by atoms with van der Waals surface area (Å²) in [6, 6.07) is 6.88. The van der Waals surface area contributed by atoms with Crippen molar-refractivity contribution in [3.8, 4) is 0 Å². The van der Waals surface area contributed by atoms with Crippen LogP contribution in [0.3, 0.4) is 0 Å². The fraction of sp³-hybridized carbons (Fsp3) is 0.409. The van der Waals surface area contributed by atoms with Crippen LogP contribution >= 0.6 is 11.8 Å². The number of nitrogens with zero attached hydrogens (tertiary/aromatic N) is 2. The summed E-state index contributed by atoms with van der Waals surface area (Å²) in [4.78, 5) is 31.4. The molecule has 2 aliphatic rings. The van der Waals surface area contributed by atoms with Crippen LogP contribution in [0.4, 0.5) is 5.69 Å². The molecular formula is C22H24N2O4S. The fourth-order valence-corrected chi connectivity index (χ4v) is 5.00. The molecular weight excluding hydrogens is 388 g/mol. The van der Waals surface area contributed by atoms with Gasteiger partial charge in [0, 0.05) is 17.5 Å². The van der Waals surface area contributed by atoms with Crippen LogP contribution < -0.4 is 5.63 Å². The average Bonchev–Trinajstić information content (AvgIpc) is 2.97. The molecule has 29 heavy (non-hydrogen) atoms. The van der Waals surface area contributed by atoms with Crippen molar-refractivity contribution in [3.63, 3.8) is 0 Å². The number of aliphatic hydroxyl groups excluding tert-OH is 1. The number of fused-ring (bicyclic) bond motifs is 1. The Hall–Kier alpha value is -2.38. The van der Waals surface area contributed by atoms with Crippen molar-refractivity contribution in [1.29, 1.82) is 0 Å². The molecule has 152 valence electrons. The van der Waals surface area contributed by atoms with E-state index in [0.29, 0.717) is 27.3 Å². The van der Waals surface area contributed by atoms with Gasteiger partial charge in [-0.1, -0.05) is 25.3 Å². The number of amidine groups is 1. The first-order valence-electron chi connectivity index (χ1n) is 10.0. The van der Waals surface area contributed by atoms with Gasteiger partial charge in [0.2, 0.25) is 0 Å². The molecule has 0 bridgehead atoms. The molecule has 1 aromatic heterocycles. The molecule has 0 radical (unpaired) electrons. The first-order chi connectivity index (χ1) is 14.0. The molecule has 6 nitrogen and oxygen atoms in total. The number of hydrogen-bond acceptors (Lipinski definition) is 6. The van der Waals surface area contributed by atoms with Crippen molar-refractivity contribution >= 4 is 39.5 Å². The third kappa shape index (κ3) is 4.31. The highest BCUT2D eigenvalue weighted by atomic mass is 32.2. The Labute approximate surface area is 173 Å². The number of thioether (sulfide) groups is 1. The van der Waals surface area contributed by atoms with E-state index < -0.39 is 5.63 Å². The van der Waals surface area contributed by atoms with E-state index in [0.717, 1.165) is 23.8 Å². The summed E-state index contributed by atoms with van der Waals surface area (Å²) in [5, 5.41) is 10.8. The molecule has 2 aromatic rings. The van der Waals surface area contributed by atoms with E-state index in [9.17, 15) is 14.7 Å². The second-order valence-corrected chi connectivity index (χ2v) is 8.54. The van der Waals surface area contributed by atoms with Crippen LogP contribution in [-0.4, -0.2) is 34.2 Å². The lowest BCUT2D eigenvalue weighted by molar-refractivity contribution is -0.122. The molecule has 1 N–H and O–H groups in total. The quantitative estimate of drug-likeness (QED) is 0.603. The van der Waals surface area contributed by atoms with Crippen LogP contribution in [-0.2, 0) is 4.79 Å². The summed E-state index contributed by atoms with van der Waals surface area (Å²) in [6.45, 7) is 1.93. The van der Waals surface area contributed by atoms with Gasteiger partial charge in [-0.15, -0.1) is 0 Å². The van der Waals surface area contributed by atoms with E-state index in [4.69, 9.17) is 4.42 Å². The highest BCUT2D eigenvalue weighted by Gasteiger charge is 2.33. The van der Waals surface area contributed by atoms with Crippen LogP contribution in [0.2, 0.25) is 0 Å². The number of aliphatic imine (C=N–C) groups is 1. The summed E-state index contributed by atoms with van der Waals surface area (Å²) < 4.78 is 5.30. The van der Waals surface area contributed by atoms with Crippen LogP contribution in [0.15, 0.2) is 49.5 Å². The Morgan fingerprint density at radius 2 is 2.03 bits per heavy atom. The molecule has 0 atom stereocenters. The zero-order valence-electron chi connectivity index (χ0n) is 16.4. The van der Waals surface area contributed by atoms with E-state index in [1.165, 1.54) is 42.0 Å². The minimum absolute atomic E-state index is 0.100. The predicted octanol–water partition coefficient (Wildman–Crippen LogP) is 4.12. The average molecular weight is 413 g/mol. The van der Waals surface area contributed by atoms with Crippen LogP contribution in [0.1, 0.15) is 37.7 Å². The van der Waals surface area contributed by atoms with Crippen LogP contribution in [0, 0.1) is 12.8 Å². The van der Waals surface area contributed by atoms with Gasteiger partial charge in [0.25, 0.3) is 5.91 Å². The van der Waals surface area contributed by atoms with Crippen molar-refractivity contribution < 1.29 is 14.3 Å². The summed E-state index contributed by atoms with van der Waals surface area (Å²) in [5.41, 5.74) is 1.52. The molecule has 1 aliphatic heterocycles. The smallest absolute Gasteiger partial charge is 0.336 e. The molecule has 1 amide bonds. The summed E-state index contributed by atoms with van der Waals surface area (Å²) in [7, 11) is 0. The number of aliphatic hydroxyl groups is 1. The number of hydrogen-bond donors (Lipinski definition) is 1. The maximum absolute atomic E-state index is 12.9. The van der Waals surface area contributed by atoms with Gasteiger partial charge in [0.15, 0.2) is 5.17 Å². The number of carbonyl (C=O) groups excluding carboxylic acids is 1. The lowest BCUT2D eigenvalue weighted by atomic mass is 9.89. The standard InChI is InChI=1S/C22H24N2O4S/c1-14-11-20(26)28-18-13-16(7-8-17(14)18)23-22-24(9-10-25)21(27)19(29-22)12-15-5-3-2-4-6-15/h7-8,11-13,15,25H,2-6,9-10H2,1H3/b19-12-,23-22?. The number of rotatable bonds is 4. The monoisotopic (exact) mass is 412 g/mol. The van der Waals surface area contributed by atoms with Gasteiger partial charge in [0.05, 0.1) is 23.7 Å². The zero-order valence-corrected chi connectivity index (χ0v) is 17.2. The third-order valence-electron chi connectivity index (χ3n) is 5.41. The summed E-state index contributed by atoms with van der Waals surface area (Å²) in [5.74, 6) is 0.333. The highest BCUT2D eigenvalue weighted by Crippen LogP contribution is 2.36. The second kappa shape index (κ2) is 8.55. The Bertz CT molecular complexity index is 1050. The lowest BCUT2D eigenvalue weighted by Crippen LogP contribution is -2.31.